The zero-order chi connectivity index (χ0) is 15.9. The van der Waals surface area contributed by atoms with Crippen molar-refractivity contribution < 1.29 is 9.84 Å². The SMILES string of the molecule is Cc1cc(Br)c2c(c1)[C@@H](O)[C@@H](Cc1ccc(Cl)c(Cl)c1)CO2. The Kier molecular flexibility index (Phi) is 4.69. The molecule has 2 atom stereocenters. The van der Waals surface area contributed by atoms with E-state index in [1.165, 1.54) is 0 Å². The van der Waals surface area contributed by atoms with Crippen molar-refractivity contribution in [3.8, 4) is 5.75 Å². The highest BCUT2D eigenvalue weighted by atomic mass is 79.9. The molecule has 2 aromatic rings. The van der Waals surface area contributed by atoms with Gasteiger partial charge in [0, 0.05) is 11.5 Å². The molecule has 0 aromatic heterocycles. The first-order chi connectivity index (χ1) is 10.5. The molecule has 3 rings (SSSR count). The fraction of sp³-hybridized carbons (Fsp3) is 0.294. The molecule has 0 aliphatic carbocycles. The van der Waals surface area contributed by atoms with E-state index < -0.39 is 6.10 Å². The number of rotatable bonds is 2. The Morgan fingerprint density at radius 2 is 2.00 bits per heavy atom. The third kappa shape index (κ3) is 3.13. The smallest absolute Gasteiger partial charge is 0.139 e. The minimum Gasteiger partial charge on any atom is -0.492 e. The van der Waals surface area contributed by atoms with Crippen molar-refractivity contribution in [1.29, 1.82) is 0 Å². The molecule has 0 saturated carbocycles. The lowest BCUT2D eigenvalue weighted by molar-refractivity contribution is 0.0502. The second-order valence-electron chi connectivity index (χ2n) is 5.63. The predicted octanol–water partition coefficient (Wildman–Crippen LogP) is 5.35. The van der Waals surface area contributed by atoms with Gasteiger partial charge in [-0.25, -0.2) is 0 Å². The molecule has 22 heavy (non-hydrogen) atoms. The van der Waals surface area contributed by atoms with E-state index in [4.69, 9.17) is 27.9 Å². The van der Waals surface area contributed by atoms with E-state index >= 15 is 0 Å². The Bertz CT molecular complexity index is 718. The predicted molar refractivity (Wildman–Crippen MR) is 93.0 cm³/mol. The number of fused-ring (bicyclic) bond motifs is 1. The maximum atomic E-state index is 10.7. The first-order valence-corrected chi connectivity index (χ1v) is 8.55. The number of benzene rings is 2. The number of halogens is 3. The van der Waals surface area contributed by atoms with Crippen molar-refractivity contribution in [3.05, 3.63) is 61.5 Å². The second-order valence-corrected chi connectivity index (χ2v) is 7.30. The van der Waals surface area contributed by atoms with Crippen molar-refractivity contribution in [2.45, 2.75) is 19.4 Å². The summed E-state index contributed by atoms with van der Waals surface area (Å²) in [7, 11) is 0. The summed E-state index contributed by atoms with van der Waals surface area (Å²) in [5.41, 5.74) is 2.96. The summed E-state index contributed by atoms with van der Waals surface area (Å²) in [6.45, 7) is 2.47. The van der Waals surface area contributed by atoms with E-state index in [2.05, 4.69) is 15.9 Å². The van der Waals surface area contributed by atoms with E-state index in [1.807, 2.05) is 31.2 Å². The molecule has 0 amide bonds. The fourth-order valence-corrected chi connectivity index (χ4v) is 3.83. The maximum absolute atomic E-state index is 10.7. The Morgan fingerprint density at radius 1 is 1.23 bits per heavy atom. The van der Waals surface area contributed by atoms with Crippen molar-refractivity contribution in [3.63, 3.8) is 0 Å². The first kappa shape index (κ1) is 16.1. The van der Waals surface area contributed by atoms with Crippen LogP contribution in [-0.4, -0.2) is 11.7 Å². The van der Waals surface area contributed by atoms with E-state index in [1.54, 1.807) is 6.07 Å². The van der Waals surface area contributed by atoms with Crippen molar-refractivity contribution in [2.24, 2.45) is 5.92 Å². The average molecular weight is 402 g/mol. The summed E-state index contributed by atoms with van der Waals surface area (Å²) in [6, 6.07) is 9.53. The van der Waals surface area contributed by atoms with Gasteiger partial charge in [-0.15, -0.1) is 0 Å². The highest BCUT2D eigenvalue weighted by Crippen LogP contribution is 2.42. The van der Waals surface area contributed by atoms with Gasteiger partial charge in [0.2, 0.25) is 0 Å². The zero-order valence-electron chi connectivity index (χ0n) is 11.9. The van der Waals surface area contributed by atoms with E-state index in [0.717, 1.165) is 26.9 Å². The molecule has 1 N–H and O–H groups in total. The Hall–Kier alpha value is -0.740. The molecule has 0 fully saturated rings. The molecule has 5 heteroatoms. The second kappa shape index (κ2) is 6.40. The van der Waals surface area contributed by atoms with Crippen LogP contribution in [-0.2, 0) is 6.42 Å². The van der Waals surface area contributed by atoms with Gasteiger partial charge in [0.1, 0.15) is 5.75 Å². The summed E-state index contributed by atoms with van der Waals surface area (Å²) < 4.78 is 6.74. The molecule has 0 unspecified atom stereocenters. The lowest BCUT2D eigenvalue weighted by atomic mass is 9.87. The highest BCUT2D eigenvalue weighted by Gasteiger charge is 2.31. The molecular formula is C17H15BrCl2O2. The molecule has 0 radical (unpaired) electrons. The lowest BCUT2D eigenvalue weighted by Crippen LogP contribution is -2.28. The van der Waals surface area contributed by atoms with Gasteiger partial charge < -0.3 is 9.84 Å². The van der Waals surface area contributed by atoms with Crippen LogP contribution in [0.2, 0.25) is 10.0 Å². The summed E-state index contributed by atoms with van der Waals surface area (Å²) in [5.74, 6) is 0.724. The molecule has 1 aliphatic heterocycles. The Morgan fingerprint density at radius 3 is 2.73 bits per heavy atom. The van der Waals surface area contributed by atoms with Gasteiger partial charge in [0.15, 0.2) is 0 Å². The van der Waals surface area contributed by atoms with Gasteiger partial charge in [-0.1, -0.05) is 29.3 Å². The van der Waals surface area contributed by atoms with Gasteiger partial charge in [0.25, 0.3) is 0 Å². The highest BCUT2D eigenvalue weighted by molar-refractivity contribution is 9.10. The third-order valence-electron chi connectivity index (χ3n) is 3.91. The average Bonchev–Trinajstić information content (AvgIpc) is 2.46. The number of aliphatic hydroxyl groups excluding tert-OH is 1. The minimum atomic E-state index is -0.561. The normalized spacial score (nSPS) is 20.4. The zero-order valence-corrected chi connectivity index (χ0v) is 15.0. The molecular weight excluding hydrogens is 387 g/mol. The van der Waals surface area contributed by atoms with Gasteiger partial charge in [-0.05, 0) is 64.7 Å². The van der Waals surface area contributed by atoms with Crippen LogP contribution in [0.3, 0.4) is 0 Å². The molecule has 0 spiro atoms. The van der Waals surface area contributed by atoms with Crippen LogP contribution in [0.15, 0.2) is 34.8 Å². The van der Waals surface area contributed by atoms with Crippen molar-refractivity contribution in [2.75, 3.05) is 6.61 Å². The molecule has 0 saturated heterocycles. The molecule has 1 aliphatic rings. The Labute approximate surface area is 148 Å². The van der Waals surface area contributed by atoms with E-state index in [-0.39, 0.29) is 5.92 Å². The van der Waals surface area contributed by atoms with Crippen LogP contribution in [0.5, 0.6) is 5.75 Å². The monoisotopic (exact) mass is 400 g/mol. The molecule has 0 bridgehead atoms. The topological polar surface area (TPSA) is 29.5 Å². The molecule has 1 heterocycles. The number of aliphatic hydroxyl groups is 1. The number of hydrogen-bond donors (Lipinski definition) is 1. The van der Waals surface area contributed by atoms with Crippen molar-refractivity contribution in [1.82, 2.24) is 0 Å². The summed E-state index contributed by atoms with van der Waals surface area (Å²) in [6.07, 6.45) is 0.123. The maximum Gasteiger partial charge on any atom is 0.139 e. The Balaban J connectivity index is 1.86. The standard InChI is InChI=1S/C17H15BrCl2O2/c1-9-4-12-16(21)11(8-22-17(12)13(18)5-9)6-10-2-3-14(19)15(20)7-10/h2-5,7,11,16,21H,6,8H2,1H3/t11-,16-/m0/s1. The summed E-state index contributed by atoms with van der Waals surface area (Å²) >= 11 is 15.5. The van der Waals surface area contributed by atoms with E-state index in [9.17, 15) is 5.11 Å². The van der Waals surface area contributed by atoms with Crippen LogP contribution in [0, 0.1) is 12.8 Å². The van der Waals surface area contributed by atoms with Gasteiger partial charge in [-0.3, -0.25) is 0 Å². The quantitative estimate of drug-likeness (QED) is 0.734. The summed E-state index contributed by atoms with van der Waals surface area (Å²) in [4.78, 5) is 0. The molecule has 116 valence electrons. The first-order valence-electron chi connectivity index (χ1n) is 7.00. The minimum absolute atomic E-state index is 0.0153. The van der Waals surface area contributed by atoms with Gasteiger partial charge >= 0.3 is 0 Å². The van der Waals surface area contributed by atoms with Crippen LogP contribution >= 0.6 is 39.1 Å². The number of hydrogen-bond acceptors (Lipinski definition) is 2. The third-order valence-corrected chi connectivity index (χ3v) is 5.23. The lowest BCUT2D eigenvalue weighted by Gasteiger charge is -2.31. The number of aryl methyl sites for hydroxylation is 1. The molecule has 2 aromatic carbocycles. The number of ether oxygens (including phenoxy) is 1. The fourth-order valence-electron chi connectivity index (χ4n) is 2.80. The summed E-state index contributed by atoms with van der Waals surface area (Å²) in [5, 5.41) is 11.8. The van der Waals surface area contributed by atoms with Gasteiger partial charge in [-0.2, -0.15) is 0 Å². The van der Waals surface area contributed by atoms with Crippen LogP contribution in [0.25, 0.3) is 0 Å². The largest absolute Gasteiger partial charge is 0.492 e. The van der Waals surface area contributed by atoms with Crippen molar-refractivity contribution >= 4 is 39.1 Å². The van der Waals surface area contributed by atoms with Crippen LogP contribution < -0.4 is 4.74 Å². The van der Waals surface area contributed by atoms with Crippen LogP contribution in [0.1, 0.15) is 22.8 Å². The van der Waals surface area contributed by atoms with Crippen LogP contribution in [0.4, 0.5) is 0 Å². The van der Waals surface area contributed by atoms with E-state index in [0.29, 0.717) is 23.1 Å². The van der Waals surface area contributed by atoms with Gasteiger partial charge in [0.05, 0.1) is 27.2 Å². The molecule has 2 nitrogen and oxygen atoms in total.